The fraction of sp³-hybridized carbons (Fsp3) is 0.190. The van der Waals surface area contributed by atoms with Crippen LogP contribution in [0.2, 0.25) is 0 Å². The van der Waals surface area contributed by atoms with Crippen LogP contribution < -0.4 is 0 Å². The van der Waals surface area contributed by atoms with Gasteiger partial charge in [-0.05, 0) is 28.8 Å². The van der Waals surface area contributed by atoms with E-state index in [4.69, 9.17) is 0 Å². The third-order valence-electron chi connectivity index (χ3n) is 5.09. The van der Waals surface area contributed by atoms with Gasteiger partial charge in [0.1, 0.15) is 0 Å². The molecule has 0 aliphatic carbocycles. The van der Waals surface area contributed by atoms with E-state index in [1.54, 1.807) is 0 Å². The van der Waals surface area contributed by atoms with Crippen molar-refractivity contribution in [3.63, 3.8) is 0 Å². The Balaban J connectivity index is 1.52. The fourth-order valence-corrected chi connectivity index (χ4v) is 4.70. The first-order chi connectivity index (χ1) is 13.2. The number of carbonyl (C=O) groups excluding carboxylic acids is 1. The van der Waals surface area contributed by atoms with Crippen molar-refractivity contribution in [2.75, 3.05) is 6.54 Å². The average molecular weight is 374 g/mol. The number of para-hydroxylation sites is 1. The Kier molecular flexibility index (Phi) is 3.79. The van der Waals surface area contributed by atoms with Gasteiger partial charge in [0, 0.05) is 32.3 Å². The van der Waals surface area contributed by atoms with E-state index in [1.165, 1.54) is 22.5 Å². The maximum absolute atomic E-state index is 13.2. The second kappa shape index (κ2) is 6.32. The molecule has 2 aromatic carbocycles. The van der Waals surface area contributed by atoms with Crippen LogP contribution in [0.25, 0.3) is 10.2 Å². The Bertz CT molecular complexity index is 1110. The molecule has 3 heterocycles. The van der Waals surface area contributed by atoms with Crippen LogP contribution in [0.5, 0.6) is 0 Å². The predicted octanol–water partition coefficient (Wildman–Crippen LogP) is 3.82. The van der Waals surface area contributed by atoms with E-state index >= 15 is 0 Å². The molecule has 2 aromatic heterocycles. The van der Waals surface area contributed by atoms with Gasteiger partial charge in [0.25, 0.3) is 5.91 Å². The van der Waals surface area contributed by atoms with Gasteiger partial charge in [-0.15, -0.1) is 11.3 Å². The third-order valence-corrected chi connectivity index (χ3v) is 6.11. The zero-order valence-electron chi connectivity index (χ0n) is 14.9. The molecular formula is C21H18N4OS. The van der Waals surface area contributed by atoms with Crippen LogP contribution in [0.1, 0.15) is 32.4 Å². The summed E-state index contributed by atoms with van der Waals surface area (Å²) in [5, 5.41) is 4.88. The van der Waals surface area contributed by atoms with Crippen LogP contribution in [-0.2, 0) is 13.6 Å². The lowest BCUT2D eigenvalue weighted by Gasteiger charge is -2.34. The summed E-state index contributed by atoms with van der Waals surface area (Å²) in [4.78, 5) is 19.7. The summed E-state index contributed by atoms with van der Waals surface area (Å²) in [5.41, 5.74) is 4.48. The number of thiazole rings is 1. The quantitative estimate of drug-likeness (QED) is 0.536. The van der Waals surface area contributed by atoms with E-state index in [2.05, 4.69) is 28.3 Å². The fourth-order valence-electron chi connectivity index (χ4n) is 3.77. The largest absolute Gasteiger partial charge is 0.331 e. The standard InChI is InChI=1S/C21H18N4OS/c1-24-11-15(10-22-24)17-13-25(12-14-6-2-3-7-16(14)17)21(26)20-23-18-8-4-5-9-19(18)27-20/h2-11,17H,12-13H2,1H3/t17-/m0/s1. The number of aryl methyl sites for hydroxylation is 1. The van der Waals surface area contributed by atoms with Crippen molar-refractivity contribution in [3.8, 4) is 0 Å². The van der Waals surface area contributed by atoms with Crippen molar-refractivity contribution in [1.29, 1.82) is 0 Å². The van der Waals surface area contributed by atoms with E-state index in [0.29, 0.717) is 18.1 Å². The molecule has 27 heavy (non-hydrogen) atoms. The van der Waals surface area contributed by atoms with Gasteiger partial charge in [-0.3, -0.25) is 9.48 Å². The maximum Gasteiger partial charge on any atom is 0.283 e. The molecule has 0 saturated carbocycles. The first kappa shape index (κ1) is 16.2. The van der Waals surface area contributed by atoms with Crippen LogP contribution in [0.4, 0.5) is 0 Å². The van der Waals surface area contributed by atoms with Gasteiger partial charge in [0.05, 0.1) is 16.4 Å². The number of carbonyl (C=O) groups is 1. The highest BCUT2D eigenvalue weighted by Crippen LogP contribution is 2.34. The molecule has 0 bridgehead atoms. The molecule has 0 spiro atoms. The van der Waals surface area contributed by atoms with Gasteiger partial charge >= 0.3 is 0 Å². The monoisotopic (exact) mass is 374 g/mol. The SMILES string of the molecule is Cn1cc([C@@H]2CN(C(=O)c3nc4ccccc4s3)Cc3ccccc32)cn1. The van der Waals surface area contributed by atoms with Crippen molar-refractivity contribution in [2.24, 2.45) is 7.05 Å². The number of rotatable bonds is 2. The van der Waals surface area contributed by atoms with Crippen molar-refractivity contribution in [2.45, 2.75) is 12.5 Å². The van der Waals surface area contributed by atoms with Gasteiger partial charge in [-0.25, -0.2) is 4.98 Å². The van der Waals surface area contributed by atoms with Gasteiger partial charge in [-0.2, -0.15) is 5.10 Å². The molecule has 6 heteroatoms. The number of nitrogens with zero attached hydrogens (tertiary/aromatic N) is 4. The smallest absolute Gasteiger partial charge is 0.283 e. The highest BCUT2D eigenvalue weighted by Gasteiger charge is 2.31. The molecule has 5 rings (SSSR count). The summed E-state index contributed by atoms with van der Waals surface area (Å²) in [6.45, 7) is 1.25. The first-order valence-corrected chi connectivity index (χ1v) is 9.72. The Hall–Kier alpha value is -2.99. The molecule has 0 radical (unpaired) electrons. The van der Waals surface area contributed by atoms with Crippen molar-refractivity contribution < 1.29 is 4.79 Å². The molecule has 5 nitrogen and oxygen atoms in total. The van der Waals surface area contributed by atoms with Crippen LogP contribution in [0.3, 0.4) is 0 Å². The summed E-state index contributed by atoms with van der Waals surface area (Å²) >= 11 is 1.46. The normalized spacial score (nSPS) is 16.5. The Morgan fingerprint density at radius 2 is 1.96 bits per heavy atom. The predicted molar refractivity (Wildman–Crippen MR) is 106 cm³/mol. The van der Waals surface area contributed by atoms with E-state index in [-0.39, 0.29) is 11.8 Å². The second-order valence-corrected chi connectivity index (χ2v) is 7.90. The number of aromatic nitrogens is 3. The number of hydrogen-bond acceptors (Lipinski definition) is 4. The summed E-state index contributed by atoms with van der Waals surface area (Å²) in [5.74, 6) is 0.126. The first-order valence-electron chi connectivity index (χ1n) is 8.90. The maximum atomic E-state index is 13.2. The Morgan fingerprint density at radius 1 is 1.15 bits per heavy atom. The molecule has 1 aliphatic heterocycles. The van der Waals surface area contributed by atoms with Crippen molar-refractivity contribution >= 4 is 27.5 Å². The van der Waals surface area contributed by atoms with E-state index in [0.717, 1.165) is 15.8 Å². The zero-order chi connectivity index (χ0) is 18.4. The van der Waals surface area contributed by atoms with Crippen LogP contribution in [0, 0.1) is 0 Å². The van der Waals surface area contributed by atoms with Gasteiger partial charge < -0.3 is 4.90 Å². The molecule has 0 saturated heterocycles. The molecule has 0 N–H and O–H groups in total. The third kappa shape index (κ3) is 2.82. The van der Waals surface area contributed by atoms with Crippen molar-refractivity contribution in [3.05, 3.63) is 82.6 Å². The topological polar surface area (TPSA) is 51.0 Å². The minimum Gasteiger partial charge on any atom is -0.331 e. The minimum atomic E-state index is -0.000377. The summed E-state index contributed by atoms with van der Waals surface area (Å²) in [6, 6.07) is 16.2. The number of amides is 1. The summed E-state index contributed by atoms with van der Waals surface area (Å²) in [6.07, 6.45) is 3.93. The average Bonchev–Trinajstić information content (AvgIpc) is 3.32. The van der Waals surface area contributed by atoms with Crippen LogP contribution in [-0.4, -0.2) is 32.1 Å². The van der Waals surface area contributed by atoms with Gasteiger partial charge in [0.2, 0.25) is 0 Å². The van der Waals surface area contributed by atoms with Gasteiger partial charge in [-0.1, -0.05) is 36.4 Å². The number of hydrogen-bond donors (Lipinski definition) is 0. The molecular weight excluding hydrogens is 356 g/mol. The Morgan fingerprint density at radius 3 is 2.78 bits per heavy atom. The molecule has 0 unspecified atom stereocenters. The number of fused-ring (bicyclic) bond motifs is 2. The van der Waals surface area contributed by atoms with E-state index < -0.39 is 0 Å². The van der Waals surface area contributed by atoms with E-state index in [1.807, 2.05) is 59.4 Å². The summed E-state index contributed by atoms with van der Waals surface area (Å²) < 4.78 is 2.86. The Labute approximate surface area is 160 Å². The van der Waals surface area contributed by atoms with Crippen LogP contribution in [0.15, 0.2) is 60.9 Å². The molecule has 0 fully saturated rings. The molecule has 1 atom stereocenters. The molecule has 1 aliphatic rings. The van der Waals surface area contributed by atoms with Crippen molar-refractivity contribution in [1.82, 2.24) is 19.7 Å². The minimum absolute atomic E-state index is 0.000377. The van der Waals surface area contributed by atoms with Gasteiger partial charge in [0.15, 0.2) is 5.01 Å². The highest BCUT2D eigenvalue weighted by atomic mass is 32.1. The number of benzene rings is 2. The lowest BCUT2D eigenvalue weighted by Crippen LogP contribution is -2.38. The van der Waals surface area contributed by atoms with E-state index in [9.17, 15) is 4.79 Å². The summed E-state index contributed by atoms with van der Waals surface area (Å²) in [7, 11) is 1.92. The zero-order valence-corrected chi connectivity index (χ0v) is 15.7. The molecule has 1 amide bonds. The molecule has 134 valence electrons. The second-order valence-electron chi connectivity index (χ2n) is 6.87. The van der Waals surface area contributed by atoms with Crippen LogP contribution >= 0.6 is 11.3 Å². The highest BCUT2D eigenvalue weighted by molar-refractivity contribution is 7.20. The molecule has 4 aromatic rings. The lowest BCUT2D eigenvalue weighted by molar-refractivity contribution is 0.0725. The lowest BCUT2D eigenvalue weighted by atomic mass is 9.86.